The first kappa shape index (κ1) is 11.7. The lowest BCUT2D eigenvalue weighted by molar-refractivity contribution is -0.127. The van der Waals surface area contributed by atoms with Gasteiger partial charge in [0.2, 0.25) is 5.91 Å². The molecule has 1 fully saturated rings. The van der Waals surface area contributed by atoms with E-state index in [0.29, 0.717) is 10.8 Å². The summed E-state index contributed by atoms with van der Waals surface area (Å²) in [6, 6.07) is 3.58. The van der Waals surface area contributed by atoms with Gasteiger partial charge in [-0.05, 0) is 25.0 Å². The summed E-state index contributed by atoms with van der Waals surface area (Å²) in [5.74, 6) is 0.612. The van der Waals surface area contributed by atoms with E-state index in [0.717, 1.165) is 31.0 Å². The van der Waals surface area contributed by atoms with Gasteiger partial charge in [0.1, 0.15) is 5.03 Å². The highest BCUT2D eigenvalue weighted by Crippen LogP contribution is 2.24. The van der Waals surface area contributed by atoms with Crippen LogP contribution < -0.4 is 0 Å². The number of aromatic nitrogens is 1. The number of rotatable bonds is 3. The summed E-state index contributed by atoms with van der Waals surface area (Å²) in [7, 11) is 0. The van der Waals surface area contributed by atoms with Crippen molar-refractivity contribution in [3.05, 3.63) is 23.4 Å². The van der Waals surface area contributed by atoms with Gasteiger partial charge in [-0.1, -0.05) is 23.4 Å². The first-order chi connectivity index (χ1) is 7.77. The summed E-state index contributed by atoms with van der Waals surface area (Å²) in [6.45, 7) is 1.80. The Morgan fingerprint density at radius 2 is 2.25 bits per heavy atom. The number of hydrogen-bond donors (Lipinski definition) is 0. The van der Waals surface area contributed by atoms with Gasteiger partial charge in [0, 0.05) is 19.3 Å². The highest BCUT2D eigenvalue weighted by atomic mass is 35.5. The van der Waals surface area contributed by atoms with E-state index < -0.39 is 0 Å². The average Bonchev–Trinajstić information content (AvgIpc) is 2.81. The van der Waals surface area contributed by atoms with E-state index in [-0.39, 0.29) is 5.91 Å². The van der Waals surface area contributed by atoms with E-state index in [1.54, 1.807) is 18.3 Å². The van der Waals surface area contributed by atoms with Gasteiger partial charge in [-0.2, -0.15) is 0 Å². The van der Waals surface area contributed by atoms with E-state index in [9.17, 15) is 4.79 Å². The minimum atomic E-state index is 0.184. The maximum absolute atomic E-state index is 11.8. The fraction of sp³-hybridized carbons (Fsp3) is 0.455. The van der Waals surface area contributed by atoms with Crippen molar-refractivity contribution in [3.63, 3.8) is 0 Å². The molecule has 2 rings (SSSR count). The zero-order chi connectivity index (χ0) is 11.4. The number of carbonyl (C=O) groups is 1. The van der Waals surface area contributed by atoms with Crippen molar-refractivity contribution in [2.45, 2.75) is 17.9 Å². The number of amides is 1. The van der Waals surface area contributed by atoms with Crippen LogP contribution in [0, 0.1) is 0 Å². The molecule has 1 amide bonds. The molecule has 1 saturated heterocycles. The molecule has 1 aliphatic rings. The molecule has 3 nitrogen and oxygen atoms in total. The lowest BCUT2D eigenvalue weighted by Gasteiger charge is -2.14. The predicted molar refractivity (Wildman–Crippen MR) is 65.8 cm³/mol. The van der Waals surface area contributed by atoms with Crippen molar-refractivity contribution in [2.24, 2.45) is 0 Å². The van der Waals surface area contributed by atoms with Crippen LogP contribution in [0.2, 0.25) is 5.02 Å². The first-order valence-electron chi connectivity index (χ1n) is 5.28. The molecule has 86 valence electrons. The number of likely N-dealkylation sites (tertiary alicyclic amines) is 1. The Bertz CT molecular complexity index is 380. The molecule has 1 aromatic rings. The predicted octanol–water partition coefficient (Wildman–Crippen LogP) is 2.45. The molecule has 0 aromatic carbocycles. The summed E-state index contributed by atoms with van der Waals surface area (Å²) in [5.41, 5.74) is 0. The van der Waals surface area contributed by atoms with Crippen LogP contribution in [-0.2, 0) is 4.79 Å². The minimum absolute atomic E-state index is 0.184. The lowest BCUT2D eigenvalue weighted by Crippen LogP contribution is -2.29. The Kier molecular flexibility index (Phi) is 4.07. The zero-order valence-corrected chi connectivity index (χ0v) is 10.4. The number of pyridine rings is 1. The molecule has 16 heavy (non-hydrogen) atoms. The maximum atomic E-state index is 11.8. The highest BCUT2D eigenvalue weighted by molar-refractivity contribution is 8.00. The summed E-state index contributed by atoms with van der Waals surface area (Å²) >= 11 is 7.37. The van der Waals surface area contributed by atoms with Gasteiger partial charge < -0.3 is 4.90 Å². The Balaban J connectivity index is 1.87. The van der Waals surface area contributed by atoms with E-state index in [1.807, 2.05) is 4.90 Å². The van der Waals surface area contributed by atoms with Gasteiger partial charge >= 0.3 is 0 Å². The molecule has 0 radical (unpaired) electrons. The van der Waals surface area contributed by atoms with Crippen LogP contribution in [0.3, 0.4) is 0 Å². The summed E-state index contributed by atoms with van der Waals surface area (Å²) in [4.78, 5) is 17.8. The quantitative estimate of drug-likeness (QED) is 0.779. The number of hydrogen-bond acceptors (Lipinski definition) is 3. The SMILES string of the molecule is O=C(CSc1ncccc1Cl)N1CCCC1. The zero-order valence-electron chi connectivity index (χ0n) is 8.86. The van der Waals surface area contributed by atoms with Gasteiger partial charge in [0.25, 0.3) is 0 Å². The summed E-state index contributed by atoms with van der Waals surface area (Å²) in [5, 5.41) is 1.35. The smallest absolute Gasteiger partial charge is 0.232 e. The van der Waals surface area contributed by atoms with Crippen LogP contribution in [0.15, 0.2) is 23.4 Å². The fourth-order valence-corrected chi connectivity index (χ4v) is 2.73. The molecule has 0 unspecified atom stereocenters. The standard InChI is InChI=1S/C11H13ClN2OS/c12-9-4-3-5-13-11(9)16-8-10(15)14-6-1-2-7-14/h3-5H,1-2,6-8H2. The highest BCUT2D eigenvalue weighted by Gasteiger charge is 2.18. The number of nitrogens with zero attached hydrogens (tertiary/aromatic N) is 2. The van der Waals surface area contributed by atoms with E-state index in [2.05, 4.69) is 4.98 Å². The van der Waals surface area contributed by atoms with Gasteiger partial charge in [-0.25, -0.2) is 4.98 Å². The molecule has 0 N–H and O–H groups in total. The topological polar surface area (TPSA) is 33.2 Å². The van der Waals surface area contributed by atoms with Crippen LogP contribution in [0.5, 0.6) is 0 Å². The van der Waals surface area contributed by atoms with Crippen LogP contribution >= 0.6 is 23.4 Å². The molecule has 1 aliphatic heterocycles. The second-order valence-corrected chi connectivity index (χ2v) is 5.04. The summed E-state index contributed by atoms with van der Waals surface area (Å²) < 4.78 is 0. The molecule has 0 aliphatic carbocycles. The van der Waals surface area contributed by atoms with Gasteiger partial charge in [-0.15, -0.1) is 0 Å². The van der Waals surface area contributed by atoms with Crippen molar-refractivity contribution in [3.8, 4) is 0 Å². The van der Waals surface area contributed by atoms with Crippen molar-refractivity contribution in [2.75, 3.05) is 18.8 Å². The lowest BCUT2D eigenvalue weighted by atomic mass is 10.4. The second-order valence-electron chi connectivity index (χ2n) is 3.67. The molecule has 0 atom stereocenters. The maximum Gasteiger partial charge on any atom is 0.232 e. The molecule has 5 heteroatoms. The molecule has 0 saturated carbocycles. The number of halogens is 1. The van der Waals surface area contributed by atoms with Crippen LogP contribution in [0.25, 0.3) is 0 Å². The van der Waals surface area contributed by atoms with Gasteiger partial charge in [0.15, 0.2) is 0 Å². The van der Waals surface area contributed by atoms with Crippen molar-refractivity contribution in [1.82, 2.24) is 9.88 Å². The molecule has 1 aromatic heterocycles. The van der Waals surface area contributed by atoms with E-state index in [1.165, 1.54) is 11.8 Å². The van der Waals surface area contributed by atoms with E-state index >= 15 is 0 Å². The third-order valence-corrected chi connectivity index (χ3v) is 3.92. The Morgan fingerprint density at radius 3 is 2.94 bits per heavy atom. The van der Waals surface area contributed by atoms with Crippen molar-refractivity contribution >= 4 is 29.3 Å². The number of thioether (sulfide) groups is 1. The third kappa shape index (κ3) is 2.89. The van der Waals surface area contributed by atoms with Crippen molar-refractivity contribution in [1.29, 1.82) is 0 Å². The Morgan fingerprint density at radius 1 is 1.50 bits per heavy atom. The van der Waals surface area contributed by atoms with Gasteiger partial charge in [0.05, 0.1) is 10.8 Å². The van der Waals surface area contributed by atoms with Gasteiger partial charge in [-0.3, -0.25) is 4.79 Å². The minimum Gasteiger partial charge on any atom is -0.342 e. The van der Waals surface area contributed by atoms with Crippen LogP contribution in [-0.4, -0.2) is 34.6 Å². The second kappa shape index (κ2) is 5.55. The largest absolute Gasteiger partial charge is 0.342 e. The molecule has 2 heterocycles. The Labute approximate surface area is 104 Å². The first-order valence-corrected chi connectivity index (χ1v) is 6.65. The van der Waals surface area contributed by atoms with Crippen LogP contribution in [0.1, 0.15) is 12.8 Å². The Hall–Kier alpha value is -0.740. The average molecular weight is 257 g/mol. The molecule has 0 spiro atoms. The third-order valence-electron chi connectivity index (χ3n) is 2.52. The van der Waals surface area contributed by atoms with Crippen molar-refractivity contribution < 1.29 is 4.79 Å². The monoisotopic (exact) mass is 256 g/mol. The molecule has 0 bridgehead atoms. The summed E-state index contributed by atoms with van der Waals surface area (Å²) in [6.07, 6.45) is 3.94. The van der Waals surface area contributed by atoms with Crippen LogP contribution in [0.4, 0.5) is 0 Å². The fourth-order valence-electron chi connectivity index (χ4n) is 1.67. The molecular formula is C11H13ClN2OS. The van der Waals surface area contributed by atoms with E-state index in [4.69, 9.17) is 11.6 Å². The molecular weight excluding hydrogens is 244 g/mol. The number of carbonyl (C=O) groups excluding carboxylic acids is 1. The normalized spacial score (nSPS) is 15.4.